The van der Waals surface area contributed by atoms with E-state index >= 15 is 0 Å². The third-order valence-corrected chi connectivity index (χ3v) is 4.46. The lowest BCUT2D eigenvalue weighted by atomic mass is 9.84. The molecule has 110 valence electrons. The molecule has 0 aliphatic carbocycles. The van der Waals surface area contributed by atoms with E-state index in [1.165, 1.54) is 0 Å². The maximum Gasteiger partial charge on any atom is 0.135 e. The van der Waals surface area contributed by atoms with Crippen molar-refractivity contribution in [3.8, 4) is 0 Å². The highest BCUT2D eigenvalue weighted by Crippen LogP contribution is 2.30. The van der Waals surface area contributed by atoms with E-state index in [9.17, 15) is 13.6 Å². The maximum atomic E-state index is 11.9. The topological polar surface area (TPSA) is 69.2 Å². The largest absolute Gasteiger partial charge is 0.772 e. The summed E-state index contributed by atoms with van der Waals surface area (Å²) in [6.45, 7) is 2.70. The third kappa shape index (κ3) is 3.75. The average Bonchev–Trinajstić information content (AvgIpc) is 2.46. The summed E-state index contributed by atoms with van der Waals surface area (Å²) in [4.78, 5) is 11.9. The minimum Gasteiger partial charge on any atom is -0.772 e. The molecule has 0 amide bonds. The summed E-state index contributed by atoms with van der Waals surface area (Å²) in [5.41, 5.74) is 1.83. The lowest BCUT2D eigenvalue weighted by Gasteiger charge is -2.31. The van der Waals surface area contributed by atoms with Gasteiger partial charge in [-0.1, -0.05) is 42.3 Å². The molecular weight excluding hydrogens is 274 g/mol. The molecule has 1 saturated heterocycles. The van der Waals surface area contributed by atoms with Gasteiger partial charge >= 0.3 is 0 Å². The van der Waals surface area contributed by atoms with E-state index in [1.807, 2.05) is 31.2 Å². The number of hydrogen-bond acceptors (Lipinski definition) is 4. The van der Waals surface area contributed by atoms with Gasteiger partial charge in [-0.25, -0.2) is 0 Å². The van der Waals surface area contributed by atoms with Gasteiger partial charge in [0.1, 0.15) is 5.78 Å². The molecule has 1 aliphatic heterocycles. The zero-order chi connectivity index (χ0) is 14.5. The van der Waals surface area contributed by atoms with Gasteiger partial charge in [0.15, 0.2) is 0 Å². The fourth-order valence-corrected chi connectivity index (χ4v) is 3.38. The van der Waals surface area contributed by atoms with Gasteiger partial charge in [-0.15, -0.1) is 0 Å². The van der Waals surface area contributed by atoms with Crippen LogP contribution < -0.4 is 5.32 Å². The number of rotatable bonds is 5. The molecule has 1 aromatic carbocycles. The lowest BCUT2D eigenvalue weighted by molar-refractivity contribution is -0.123. The molecule has 4 nitrogen and oxygen atoms in total. The van der Waals surface area contributed by atoms with Crippen LogP contribution in [0.15, 0.2) is 24.3 Å². The number of ketones is 1. The number of carbonyl (C=O) groups excluding carboxylic acids is 1. The zero-order valence-electron chi connectivity index (χ0n) is 11.6. The quantitative estimate of drug-likeness (QED) is 0.844. The predicted molar refractivity (Wildman–Crippen MR) is 77.8 cm³/mol. The van der Waals surface area contributed by atoms with Gasteiger partial charge in [0.25, 0.3) is 0 Å². The Bertz CT molecular complexity index is 504. The summed E-state index contributed by atoms with van der Waals surface area (Å²) in [6, 6.07) is 7.64. The van der Waals surface area contributed by atoms with E-state index in [4.69, 9.17) is 0 Å². The van der Waals surface area contributed by atoms with Crippen LogP contribution in [0.25, 0.3) is 0 Å². The summed E-state index contributed by atoms with van der Waals surface area (Å²) >= 11 is -2.10. The predicted octanol–water partition coefficient (Wildman–Crippen LogP) is 2.09. The van der Waals surface area contributed by atoms with E-state index in [0.717, 1.165) is 30.5 Å². The molecule has 0 spiro atoms. The molecule has 0 bridgehead atoms. The van der Waals surface area contributed by atoms with Crippen molar-refractivity contribution in [1.82, 2.24) is 5.32 Å². The Labute approximate surface area is 122 Å². The molecule has 1 heterocycles. The van der Waals surface area contributed by atoms with E-state index in [2.05, 4.69) is 5.32 Å². The SMILES string of the molecule is CCC(=O)C1CCNC(c2ccccc2CS(=O)[O-])C1. The summed E-state index contributed by atoms with van der Waals surface area (Å²) in [5.74, 6) is 0.430. The van der Waals surface area contributed by atoms with Crippen LogP contribution in [0.2, 0.25) is 0 Å². The molecule has 20 heavy (non-hydrogen) atoms. The van der Waals surface area contributed by atoms with Crippen molar-refractivity contribution in [2.24, 2.45) is 5.92 Å². The molecule has 1 aromatic rings. The minimum absolute atomic E-state index is 0.0285. The molecule has 3 atom stereocenters. The minimum atomic E-state index is -2.10. The number of benzene rings is 1. The zero-order valence-corrected chi connectivity index (χ0v) is 12.4. The molecule has 1 aliphatic rings. The number of Topliss-reactive ketones (excluding diaryl/α,β-unsaturated/α-hetero) is 1. The summed E-state index contributed by atoms with van der Waals surface area (Å²) < 4.78 is 21.9. The van der Waals surface area contributed by atoms with Crippen LogP contribution >= 0.6 is 0 Å². The van der Waals surface area contributed by atoms with Crippen molar-refractivity contribution in [2.45, 2.75) is 38.0 Å². The Morgan fingerprint density at radius 3 is 2.90 bits per heavy atom. The first kappa shape index (κ1) is 15.4. The van der Waals surface area contributed by atoms with Gasteiger partial charge in [-0.2, -0.15) is 0 Å². The second-order valence-electron chi connectivity index (χ2n) is 5.19. The Hall–Kier alpha value is -1.04. The van der Waals surface area contributed by atoms with Crippen LogP contribution in [0, 0.1) is 5.92 Å². The highest BCUT2D eigenvalue weighted by Gasteiger charge is 2.27. The Balaban J connectivity index is 2.18. The lowest BCUT2D eigenvalue weighted by Crippen LogP contribution is -2.35. The highest BCUT2D eigenvalue weighted by molar-refractivity contribution is 7.78. The number of piperidine rings is 1. The summed E-state index contributed by atoms with van der Waals surface area (Å²) in [7, 11) is 0. The molecule has 0 radical (unpaired) electrons. The number of hydrogen-bond donors (Lipinski definition) is 1. The van der Waals surface area contributed by atoms with Crippen molar-refractivity contribution in [1.29, 1.82) is 0 Å². The van der Waals surface area contributed by atoms with Crippen molar-refractivity contribution < 1.29 is 13.6 Å². The second kappa shape index (κ2) is 7.11. The first-order valence-electron chi connectivity index (χ1n) is 7.01. The van der Waals surface area contributed by atoms with E-state index < -0.39 is 11.1 Å². The van der Waals surface area contributed by atoms with Crippen molar-refractivity contribution in [3.63, 3.8) is 0 Å². The number of carbonyl (C=O) groups is 1. The van der Waals surface area contributed by atoms with Gasteiger partial charge in [0, 0.05) is 24.1 Å². The van der Waals surface area contributed by atoms with Gasteiger partial charge in [0.2, 0.25) is 0 Å². The van der Waals surface area contributed by atoms with Gasteiger partial charge in [-0.05, 0) is 30.5 Å². The van der Waals surface area contributed by atoms with E-state index in [1.54, 1.807) is 0 Å². The Kier molecular flexibility index (Phi) is 5.46. The van der Waals surface area contributed by atoms with Gasteiger partial charge in [0.05, 0.1) is 0 Å². The van der Waals surface area contributed by atoms with E-state index in [-0.39, 0.29) is 17.7 Å². The highest BCUT2D eigenvalue weighted by atomic mass is 32.2. The fraction of sp³-hybridized carbons (Fsp3) is 0.533. The number of nitrogens with one attached hydrogen (secondary N) is 1. The summed E-state index contributed by atoms with van der Waals surface area (Å²) in [6.07, 6.45) is 2.21. The van der Waals surface area contributed by atoms with Gasteiger partial charge < -0.3 is 9.87 Å². The second-order valence-corrected chi connectivity index (χ2v) is 6.09. The first-order valence-corrected chi connectivity index (χ1v) is 8.26. The molecule has 5 heteroatoms. The Morgan fingerprint density at radius 1 is 1.45 bits per heavy atom. The average molecular weight is 294 g/mol. The molecule has 1 N–H and O–H groups in total. The molecule has 0 aromatic heterocycles. The van der Waals surface area contributed by atoms with Crippen LogP contribution in [0.4, 0.5) is 0 Å². The van der Waals surface area contributed by atoms with Crippen LogP contribution in [0.5, 0.6) is 0 Å². The standard InChI is InChI=1S/C15H21NO3S/c1-2-15(17)11-7-8-16-14(9-11)13-6-4-3-5-12(13)10-20(18)19/h3-6,11,14,16H,2,7-10H2,1H3,(H,18,19)/p-1. The van der Waals surface area contributed by atoms with Crippen LogP contribution in [-0.2, 0) is 21.6 Å². The molecule has 2 rings (SSSR count). The van der Waals surface area contributed by atoms with Crippen molar-refractivity contribution in [3.05, 3.63) is 35.4 Å². The molecule has 0 saturated carbocycles. The molecule has 1 fully saturated rings. The first-order chi connectivity index (χ1) is 9.61. The monoisotopic (exact) mass is 294 g/mol. The molecule has 3 unspecified atom stereocenters. The molecular formula is C15H20NO3S-. The van der Waals surface area contributed by atoms with Crippen LogP contribution in [-0.4, -0.2) is 21.1 Å². The van der Waals surface area contributed by atoms with E-state index in [0.29, 0.717) is 12.2 Å². The fourth-order valence-electron chi connectivity index (χ4n) is 2.87. The van der Waals surface area contributed by atoms with Crippen molar-refractivity contribution >= 4 is 16.9 Å². The Morgan fingerprint density at radius 2 is 2.20 bits per heavy atom. The van der Waals surface area contributed by atoms with Crippen LogP contribution in [0.3, 0.4) is 0 Å². The van der Waals surface area contributed by atoms with Gasteiger partial charge in [-0.3, -0.25) is 9.00 Å². The normalized spacial score (nSPS) is 24.3. The van der Waals surface area contributed by atoms with Crippen LogP contribution in [0.1, 0.15) is 43.4 Å². The smallest absolute Gasteiger partial charge is 0.135 e. The summed E-state index contributed by atoms with van der Waals surface area (Å²) in [5, 5.41) is 3.40. The third-order valence-electron chi connectivity index (χ3n) is 3.91. The maximum absolute atomic E-state index is 11.9. The van der Waals surface area contributed by atoms with Crippen molar-refractivity contribution in [2.75, 3.05) is 6.54 Å².